The van der Waals surface area contributed by atoms with Gasteiger partial charge in [-0.15, -0.1) is 5.10 Å². The van der Waals surface area contributed by atoms with Crippen LogP contribution in [-0.2, 0) is 6.54 Å². The van der Waals surface area contributed by atoms with E-state index in [9.17, 15) is 9.59 Å². The third kappa shape index (κ3) is 3.12. The molecule has 23 heavy (non-hydrogen) atoms. The molecule has 0 N–H and O–H groups in total. The molecule has 0 atom stereocenters. The third-order valence-electron chi connectivity index (χ3n) is 3.68. The van der Waals surface area contributed by atoms with Gasteiger partial charge in [0.2, 0.25) is 5.16 Å². The maximum Gasteiger partial charge on any atom is 0.261 e. The molecule has 1 aromatic carbocycles. The number of nitrogens with zero attached hydrogens (tertiary/aromatic N) is 5. The normalized spacial score (nSPS) is 13.7. The summed E-state index contributed by atoms with van der Waals surface area (Å²) in [4.78, 5) is 25.8. The maximum atomic E-state index is 12.2. The summed E-state index contributed by atoms with van der Waals surface area (Å²) < 4.78 is 1.74. The van der Waals surface area contributed by atoms with Gasteiger partial charge < -0.3 is 0 Å². The maximum absolute atomic E-state index is 12.2. The van der Waals surface area contributed by atoms with Crippen molar-refractivity contribution < 1.29 is 9.59 Å². The first-order chi connectivity index (χ1) is 11.2. The molecule has 0 spiro atoms. The van der Waals surface area contributed by atoms with Crippen LogP contribution in [0.15, 0.2) is 29.4 Å². The van der Waals surface area contributed by atoms with E-state index in [0.29, 0.717) is 17.7 Å². The van der Waals surface area contributed by atoms with Gasteiger partial charge in [0.25, 0.3) is 11.8 Å². The molecule has 0 saturated heterocycles. The molecule has 0 fully saturated rings. The Morgan fingerprint density at radius 1 is 1.09 bits per heavy atom. The lowest BCUT2D eigenvalue weighted by Crippen LogP contribution is -2.30. The zero-order valence-electron chi connectivity index (χ0n) is 12.8. The van der Waals surface area contributed by atoms with Crippen molar-refractivity contribution in [3.8, 4) is 0 Å². The van der Waals surface area contributed by atoms with Crippen molar-refractivity contribution in [3.63, 3.8) is 0 Å². The van der Waals surface area contributed by atoms with E-state index in [1.165, 1.54) is 4.90 Å². The molecule has 0 aliphatic carbocycles. The number of hydrogen-bond acceptors (Lipinski definition) is 6. The van der Waals surface area contributed by atoms with Gasteiger partial charge in [-0.05, 0) is 42.3 Å². The summed E-state index contributed by atoms with van der Waals surface area (Å²) in [5, 5.41) is 12.3. The van der Waals surface area contributed by atoms with Crippen molar-refractivity contribution >= 4 is 23.6 Å². The second kappa shape index (κ2) is 6.91. The van der Waals surface area contributed by atoms with Crippen LogP contribution in [0.2, 0.25) is 0 Å². The van der Waals surface area contributed by atoms with Gasteiger partial charge in [0, 0.05) is 18.8 Å². The molecule has 120 valence electrons. The van der Waals surface area contributed by atoms with E-state index in [1.54, 1.807) is 40.7 Å². The average Bonchev–Trinajstić information content (AvgIpc) is 3.12. The van der Waals surface area contributed by atoms with Gasteiger partial charge in [0.05, 0.1) is 11.1 Å². The number of carbonyl (C=O) groups excluding carboxylic acids is 2. The number of tetrazole rings is 1. The molecule has 8 heteroatoms. The lowest BCUT2D eigenvalue weighted by atomic mass is 10.1. The summed E-state index contributed by atoms with van der Waals surface area (Å²) in [6.45, 7) is 3.18. The Hall–Kier alpha value is -2.22. The predicted molar refractivity (Wildman–Crippen MR) is 85.3 cm³/mol. The zero-order chi connectivity index (χ0) is 16.2. The fourth-order valence-electron chi connectivity index (χ4n) is 2.48. The minimum atomic E-state index is -0.187. The van der Waals surface area contributed by atoms with E-state index >= 15 is 0 Å². The molecule has 0 saturated carbocycles. The largest absolute Gasteiger partial charge is 0.274 e. The Morgan fingerprint density at radius 2 is 1.78 bits per heavy atom. The fourth-order valence-corrected chi connectivity index (χ4v) is 3.42. The first-order valence-electron chi connectivity index (χ1n) is 7.56. The summed E-state index contributed by atoms with van der Waals surface area (Å²) >= 11 is 1.59. The van der Waals surface area contributed by atoms with Crippen molar-refractivity contribution in [3.05, 3.63) is 35.4 Å². The van der Waals surface area contributed by atoms with E-state index in [1.807, 2.05) is 6.92 Å². The van der Waals surface area contributed by atoms with Crippen LogP contribution in [0.1, 0.15) is 40.5 Å². The van der Waals surface area contributed by atoms with Gasteiger partial charge in [0.15, 0.2) is 0 Å². The smallest absolute Gasteiger partial charge is 0.261 e. The number of benzene rings is 1. The quantitative estimate of drug-likeness (QED) is 0.438. The molecule has 0 unspecified atom stereocenters. The Labute approximate surface area is 138 Å². The minimum Gasteiger partial charge on any atom is -0.274 e. The van der Waals surface area contributed by atoms with Crippen LogP contribution in [0.3, 0.4) is 0 Å². The highest BCUT2D eigenvalue weighted by molar-refractivity contribution is 7.99. The van der Waals surface area contributed by atoms with E-state index in [-0.39, 0.29) is 11.8 Å². The van der Waals surface area contributed by atoms with Crippen molar-refractivity contribution in [2.45, 2.75) is 31.5 Å². The minimum absolute atomic E-state index is 0.187. The molecular weight excluding hydrogens is 314 g/mol. The van der Waals surface area contributed by atoms with Gasteiger partial charge in [0.1, 0.15) is 0 Å². The second-order valence-corrected chi connectivity index (χ2v) is 6.20. The van der Waals surface area contributed by atoms with Crippen LogP contribution in [0.5, 0.6) is 0 Å². The number of rotatable bonds is 7. The molecule has 7 nitrogen and oxygen atoms in total. The number of hydrogen-bond donors (Lipinski definition) is 0. The average molecular weight is 331 g/mol. The Bertz CT molecular complexity index is 695. The number of imide groups is 1. The number of aryl methyl sites for hydroxylation is 1. The van der Waals surface area contributed by atoms with Crippen LogP contribution < -0.4 is 0 Å². The highest BCUT2D eigenvalue weighted by Crippen LogP contribution is 2.23. The lowest BCUT2D eigenvalue weighted by molar-refractivity contribution is 0.0652. The van der Waals surface area contributed by atoms with Crippen LogP contribution >= 0.6 is 11.8 Å². The van der Waals surface area contributed by atoms with Crippen molar-refractivity contribution in [1.29, 1.82) is 0 Å². The third-order valence-corrected chi connectivity index (χ3v) is 4.73. The summed E-state index contributed by atoms with van der Waals surface area (Å²) in [7, 11) is 0. The van der Waals surface area contributed by atoms with Crippen molar-refractivity contribution in [1.82, 2.24) is 25.1 Å². The van der Waals surface area contributed by atoms with Gasteiger partial charge in [-0.25, -0.2) is 4.68 Å². The number of fused-ring (bicyclic) bond motifs is 1. The highest BCUT2D eigenvalue weighted by atomic mass is 32.2. The van der Waals surface area contributed by atoms with Crippen LogP contribution in [0.4, 0.5) is 0 Å². The molecule has 1 aromatic heterocycles. The monoisotopic (exact) mass is 331 g/mol. The number of thioether (sulfide) groups is 1. The number of unbranched alkanes of at least 4 members (excludes halogenated alkanes) is 1. The zero-order valence-corrected chi connectivity index (χ0v) is 13.6. The Morgan fingerprint density at radius 3 is 2.43 bits per heavy atom. The lowest BCUT2D eigenvalue weighted by Gasteiger charge is -2.13. The fraction of sp³-hybridized carbons (Fsp3) is 0.400. The summed E-state index contributed by atoms with van der Waals surface area (Å²) in [6, 6.07) is 6.97. The van der Waals surface area contributed by atoms with Crippen molar-refractivity contribution in [2.75, 3.05) is 12.3 Å². The second-order valence-electron chi connectivity index (χ2n) is 5.14. The standard InChI is InChI=1S/C15H17N5O2S/c1-2-20-15(16-17-18-20)23-10-6-5-9-19-13(21)11-7-3-4-8-12(11)14(19)22/h3-4,7-8H,2,5-6,9-10H2,1H3. The van der Waals surface area contributed by atoms with Crippen LogP contribution in [0, 0.1) is 0 Å². The van der Waals surface area contributed by atoms with Crippen molar-refractivity contribution in [2.24, 2.45) is 0 Å². The predicted octanol–water partition coefficient (Wildman–Crippen LogP) is 1.86. The first kappa shape index (κ1) is 15.7. The summed E-state index contributed by atoms with van der Waals surface area (Å²) in [6.07, 6.45) is 1.65. The summed E-state index contributed by atoms with van der Waals surface area (Å²) in [5.41, 5.74) is 1.02. The first-order valence-corrected chi connectivity index (χ1v) is 8.55. The molecule has 2 amide bonds. The molecule has 1 aliphatic rings. The van der Waals surface area contributed by atoms with E-state index < -0.39 is 0 Å². The topological polar surface area (TPSA) is 81.0 Å². The molecule has 0 bridgehead atoms. The number of carbonyl (C=O) groups is 2. The Kier molecular flexibility index (Phi) is 4.71. The Balaban J connectivity index is 1.47. The van der Waals surface area contributed by atoms with Gasteiger partial charge in [-0.1, -0.05) is 23.9 Å². The number of amides is 2. The highest BCUT2D eigenvalue weighted by Gasteiger charge is 2.34. The SMILES string of the molecule is CCn1nnnc1SCCCCN1C(=O)c2ccccc2C1=O. The molecule has 3 rings (SSSR count). The molecule has 2 heterocycles. The van der Waals surface area contributed by atoms with E-state index in [2.05, 4.69) is 15.5 Å². The molecular formula is C15H17N5O2S. The van der Waals surface area contributed by atoms with E-state index in [4.69, 9.17) is 0 Å². The van der Waals surface area contributed by atoms with Gasteiger partial charge in [-0.3, -0.25) is 14.5 Å². The van der Waals surface area contributed by atoms with Gasteiger partial charge >= 0.3 is 0 Å². The molecule has 1 aliphatic heterocycles. The van der Waals surface area contributed by atoms with Gasteiger partial charge in [-0.2, -0.15) is 0 Å². The van der Waals surface area contributed by atoms with E-state index in [0.717, 1.165) is 30.3 Å². The summed E-state index contributed by atoms with van der Waals surface area (Å²) in [5.74, 6) is 0.477. The molecule has 2 aromatic rings. The van der Waals surface area contributed by atoms with Crippen LogP contribution in [0.25, 0.3) is 0 Å². The van der Waals surface area contributed by atoms with Crippen LogP contribution in [-0.4, -0.2) is 49.2 Å². The molecule has 0 radical (unpaired) electrons. The number of aromatic nitrogens is 4.